The lowest BCUT2D eigenvalue weighted by Crippen LogP contribution is -2.25. The van der Waals surface area contributed by atoms with Gasteiger partial charge in [0.25, 0.3) is 0 Å². The normalized spacial score (nSPS) is 14.5. The summed E-state index contributed by atoms with van der Waals surface area (Å²) < 4.78 is 16.5. The van der Waals surface area contributed by atoms with E-state index < -0.39 is 0 Å². The van der Waals surface area contributed by atoms with E-state index in [1.807, 2.05) is 37.3 Å². The molecule has 1 heterocycles. The Morgan fingerprint density at radius 1 is 1.10 bits per heavy atom. The van der Waals surface area contributed by atoms with Crippen LogP contribution in [0.1, 0.15) is 49.3 Å². The van der Waals surface area contributed by atoms with Gasteiger partial charge in [0.15, 0.2) is 11.0 Å². The van der Waals surface area contributed by atoms with Crippen LogP contribution in [0.4, 0.5) is 4.39 Å². The summed E-state index contributed by atoms with van der Waals surface area (Å²) in [5.74, 6) is 0.427. The van der Waals surface area contributed by atoms with Gasteiger partial charge < -0.3 is 5.32 Å². The molecule has 3 aromatic rings. The van der Waals surface area contributed by atoms with E-state index in [4.69, 9.17) is 0 Å². The number of nitrogens with one attached hydrogen (secondary N) is 1. The summed E-state index contributed by atoms with van der Waals surface area (Å²) in [7, 11) is 0. The van der Waals surface area contributed by atoms with Crippen LogP contribution in [0.25, 0.3) is 11.4 Å². The summed E-state index contributed by atoms with van der Waals surface area (Å²) in [6.45, 7) is 2.53. The minimum atomic E-state index is -0.306. The quantitative estimate of drug-likeness (QED) is 0.508. The predicted octanol–water partition coefficient (Wildman–Crippen LogP) is 5.31. The van der Waals surface area contributed by atoms with Crippen molar-refractivity contribution in [1.82, 2.24) is 20.1 Å². The molecule has 4 rings (SSSR count). The highest BCUT2D eigenvalue weighted by Crippen LogP contribution is 2.36. The Bertz CT molecular complexity index is 1030. The number of hydrogen-bond donors (Lipinski definition) is 1. The van der Waals surface area contributed by atoms with Crippen molar-refractivity contribution in [2.24, 2.45) is 0 Å². The van der Waals surface area contributed by atoms with E-state index in [1.54, 1.807) is 12.1 Å². The highest BCUT2D eigenvalue weighted by atomic mass is 32.2. The Labute approximate surface area is 186 Å². The van der Waals surface area contributed by atoms with Gasteiger partial charge in [-0.1, -0.05) is 73.0 Å². The van der Waals surface area contributed by atoms with Gasteiger partial charge in [-0.05, 0) is 37.5 Å². The van der Waals surface area contributed by atoms with Crippen molar-refractivity contribution in [3.05, 3.63) is 65.5 Å². The van der Waals surface area contributed by atoms with Crippen molar-refractivity contribution >= 4 is 17.7 Å². The highest BCUT2D eigenvalue weighted by Gasteiger charge is 2.25. The van der Waals surface area contributed by atoms with E-state index in [9.17, 15) is 9.18 Å². The van der Waals surface area contributed by atoms with Gasteiger partial charge in [-0.25, -0.2) is 4.39 Å². The molecule has 5 nitrogen and oxygen atoms in total. The van der Waals surface area contributed by atoms with Gasteiger partial charge in [0, 0.05) is 12.6 Å². The fourth-order valence-electron chi connectivity index (χ4n) is 3.96. The molecule has 1 fully saturated rings. The third-order valence-electron chi connectivity index (χ3n) is 5.66. The maximum Gasteiger partial charge on any atom is 0.230 e. The van der Waals surface area contributed by atoms with Gasteiger partial charge in [-0.3, -0.25) is 9.36 Å². The second kappa shape index (κ2) is 10.1. The molecule has 1 aromatic heterocycles. The standard InChI is InChI=1S/C24H27FN4OS/c1-17-11-13-18(14-12-17)15-26-22(30)16-31-24-28-27-23(20-9-5-6-10-21(20)25)29(24)19-7-3-2-4-8-19/h5-6,9-14,19H,2-4,7-8,15-16H2,1H3,(H,26,30). The average molecular weight is 439 g/mol. The molecule has 0 atom stereocenters. The first-order chi connectivity index (χ1) is 15.1. The summed E-state index contributed by atoms with van der Waals surface area (Å²) in [6.07, 6.45) is 5.54. The molecule has 0 radical (unpaired) electrons. The summed E-state index contributed by atoms with van der Waals surface area (Å²) in [5.41, 5.74) is 2.71. The molecule has 162 valence electrons. The number of benzene rings is 2. The van der Waals surface area contributed by atoms with E-state index >= 15 is 0 Å². The molecule has 0 aliphatic heterocycles. The zero-order chi connectivity index (χ0) is 21.6. The van der Waals surface area contributed by atoms with Crippen LogP contribution in [0.15, 0.2) is 53.7 Å². The van der Waals surface area contributed by atoms with Gasteiger partial charge in [-0.2, -0.15) is 0 Å². The lowest BCUT2D eigenvalue weighted by molar-refractivity contribution is -0.118. The monoisotopic (exact) mass is 438 g/mol. The van der Waals surface area contributed by atoms with Crippen molar-refractivity contribution in [3.8, 4) is 11.4 Å². The molecular formula is C24H27FN4OS. The lowest BCUT2D eigenvalue weighted by Gasteiger charge is -2.25. The molecule has 2 aromatic carbocycles. The molecule has 7 heteroatoms. The topological polar surface area (TPSA) is 59.8 Å². The van der Waals surface area contributed by atoms with Crippen LogP contribution in [0.5, 0.6) is 0 Å². The Balaban J connectivity index is 1.47. The Kier molecular flexibility index (Phi) is 7.02. The molecular weight excluding hydrogens is 411 g/mol. The van der Waals surface area contributed by atoms with Gasteiger partial charge in [0.2, 0.25) is 5.91 Å². The molecule has 1 aliphatic carbocycles. The number of rotatable bonds is 7. The first-order valence-electron chi connectivity index (χ1n) is 10.8. The van der Waals surface area contributed by atoms with Crippen molar-refractivity contribution in [2.75, 3.05) is 5.75 Å². The number of carbonyl (C=O) groups excluding carboxylic acids is 1. The van der Waals surface area contributed by atoms with E-state index in [2.05, 4.69) is 20.1 Å². The number of aromatic nitrogens is 3. The molecule has 0 saturated heterocycles. The summed E-state index contributed by atoms with van der Waals surface area (Å²) in [5, 5.41) is 12.3. The first kappa shape index (κ1) is 21.6. The number of carbonyl (C=O) groups is 1. The zero-order valence-electron chi connectivity index (χ0n) is 17.7. The van der Waals surface area contributed by atoms with Crippen LogP contribution in [0.2, 0.25) is 0 Å². The fourth-order valence-corrected chi connectivity index (χ4v) is 4.79. The molecule has 0 spiro atoms. The summed E-state index contributed by atoms with van der Waals surface area (Å²) >= 11 is 1.36. The van der Waals surface area contributed by atoms with Crippen LogP contribution < -0.4 is 5.32 Å². The number of hydrogen-bond acceptors (Lipinski definition) is 4. The van der Waals surface area contributed by atoms with Crippen LogP contribution in [-0.2, 0) is 11.3 Å². The van der Waals surface area contributed by atoms with Crippen LogP contribution >= 0.6 is 11.8 Å². The van der Waals surface area contributed by atoms with Gasteiger partial charge in [0.1, 0.15) is 5.82 Å². The lowest BCUT2D eigenvalue weighted by atomic mass is 9.95. The van der Waals surface area contributed by atoms with Gasteiger partial charge in [0.05, 0.1) is 11.3 Å². The smallest absolute Gasteiger partial charge is 0.230 e. The predicted molar refractivity (Wildman–Crippen MR) is 121 cm³/mol. The highest BCUT2D eigenvalue weighted by molar-refractivity contribution is 7.99. The number of halogens is 1. The van der Waals surface area contributed by atoms with Crippen LogP contribution in [-0.4, -0.2) is 26.4 Å². The van der Waals surface area contributed by atoms with E-state index in [0.29, 0.717) is 23.1 Å². The maximum absolute atomic E-state index is 14.5. The Hall–Kier alpha value is -2.67. The van der Waals surface area contributed by atoms with Gasteiger partial charge in [-0.15, -0.1) is 10.2 Å². The van der Waals surface area contributed by atoms with Crippen molar-refractivity contribution in [2.45, 2.75) is 56.8 Å². The zero-order valence-corrected chi connectivity index (χ0v) is 18.5. The SMILES string of the molecule is Cc1ccc(CNC(=O)CSc2nnc(-c3ccccc3F)n2C2CCCCC2)cc1. The van der Waals surface area contributed by atoms with E-state index in [0.717, 1.165) is 31.2 Å². The Morgan fingerprint density at radius 2 is 1.84 bits per heavy atom. The molecule has 1 aliphatic rings. The van der Waals surface area contributed by atoms with E-state index in [1.165, 1.54) is 29.8 Å². The van der Waals surface area contributed by atoms with Crippen molar-refractivity contribution in [3.63, 3.8) is 0 Å². The first-order valence-corrected chi connectivity index (χ1v) is 11.8. The minimum Gasteiger partial charge on any atom is -0.351 e. The summed E-state index contributed by atoms with van der Waals surface area (Å²) in [4.78, 5) is 12.4. The number of aryl methyl sites for hydroxylation is 1. The van der Waals surface area contributed by atoms with Crippen molar-refractivity contribution in [1.29, 1.82) is 0 Å². The molecule has 1 saturated carbocycles. The second-order valence-electron chi connectivity index (χ2n) is 8.00. The van der Waals surface area contributed by atoms with Crippen LogP contribution in [0.3, 0.4) is 0 Å². The molecule has 31 heavy (non-hydrogen) atoms. The minimum absolute atomic E-state index is 0.0591. The number of nitrogens with zero attached hydrogens (tertiary/aromatic N) is 3. The van der Waals surface area contributed by atoms with Crippen molar-refractivity contribution < 1.29 is 9.18 Å². The third kappa shape index (κ3) is 5.34. The maximum atomic E-state index is 14.5. The number of thioether (sulfide) groups is 1. The fraction of sp³-hybridized carbons (Fsp3) is 0.375. The third-order valence-corrected chi connectivity index (χ3v) is 6.60. The molecule has 1 N–H and O–H groups in total. The summed E-state index contributed by atoms with van der Waals surface area (Å²) in [6, 6.07) is 15.0. The van der Waals surface area contributed by atoms with E-state index in [-0.39, 0.29) is 23.5 Å². The molecule has 0 bridgehead atoms. The second-order valence-corrected chi connectivity index (χ2v) is 8.94. The van der Waals surface area contributed by atoms with Gasteiger partial charge >= 0.3 is 0 Å². The number of amides is 1. The van der Waals surface area contributed by atoms with Crippen LogP contribution in [0, 0.1) is 12.7 Å². The average Bonchev–Trinajstić information content (AvgIpc) is 3.22. The molecule has 0 unspecified atom stereocenters. The largest absolute Gasteiger partial charge is 0.351 e. The molecule has 1 amide bonds. The Morgan fingerprint density at radius 3 is 2.58 bits per heavy atom.